The molecule has 0 aromatic rings. The Bertz CT molecular complexity index is 233. The SMILES string of the molecule is CC(C#N)N1CCN2CCCCC2C1. The molecule has 0 aliphatic carbocycles. The van der Waals surface area contributed by atoms with Crippen LogP contribution in [0.4, 0.5) is 0 Å². The smallest absolute Gasteiger partial charge is 0.0950 e. The standard InChI is InChI=1S/C11H19N3/c1-10(8-12)14-7-6-13-5-3-2-4-11(13)9-14/h10-11H,2-7,9H2,1H3. The van der Waals surface area contributed by atoms with Crippen LogP contribution in [0.2, 0.25) is 0 Å². The summed E-state index contributed by atoms with van der Waals surface area (Å²) >= 11 is 0. The molecule has 0 aromatic carbocycles. The number of piperidine rings is 1. The Labute approximate surface area is 86.3 Å². The summed E-state index contributed by atoms with van der Waals surface area (Å²) in [5, 5.41) is 8.88. The minimum Gasteiger partial charge on any atom is -0.298 e. The molecule has 2 aliphatic heterocycles. The maximum absolute atomic E-state index is 8.88. The van der Waals surface area contributed by atoms with Crippen molar-refractivity contribution >= 4 is 0 Å². The van der Waals surface area contributed by atoms with Crippen molar-refractivity contribution in [3.05, 3.63) is 0 Å². The van der Waals surface area contributed by atoms with E-state index < -0.39 is 0 Å². The molecular formula is C11H19N3. The topological polar surface area (TPSA) is 30.3 Å². The first-order valence-electron chi connectivity index (χ1n) is 5.69. The van der Waals surface area contributed by atoms with E-state index in [-0.39, 0.29) is 6.04 Å². The zero-order valence-corrected chi connectivity index (χ0v) is 8.95. The van der Waals surface area contributed by atoms with Gasteiger partial charge in [-0.2, -0.15) is 5.26 Å². The summed E-state index contributed by atoms with van der Waals surface area (Å²) in [5.41, 5.74) is 0. The third-order valence-electron chi connectivity index (χ3n) is 3.60. The van der Waals surface area contributed by atoms with Gasteiger partial charge in [0.2, 0.25) is 0 Å². The highest BCUT2D eigenvalue weighted by atomic mass is 15.3. The number of piperazine rings is 1. The number of rotatable bonds is 1. The number of hydrogen-bond acceptors (Lipinski definition) is 3. The quantitative estimate of drug-likeness (QED) is 0.624. The average molecular weight is 193 g/mol. The molecule has 2 saturated heterocycles. The molecule has 0 N–H and O–H groups in total. The summed E-state index contributed by atoms with van der Waals surface area (Å²) in [5.74, 6) is 0. The zero-order valence-electron chi connectivity index (χ0n) is 8.95. The Balaban J connectivity index is 1.93. The van der Waals surface area contributed by atoms with Crippen LogP contribution in [-0.4, -0.2) is 48.1 Å². The highest BCUT2D eigenvalue weighted by molar-refractivity contribution is 4.94. The molecule has 0 spiro atoms. The molecule has 0 aromatic heterocycles. The van der Waals surface area contributed by atoms with Crippen molar-refractivity contribution in [1.82, 2.24) is 9.80 Å². The van der Waals surface area contributed by atoms with E-state index in [0.29, 0.717) is 0 Å². The van der Waals surface area contributed by atoms with Crippen molar-refractivity contribution in [2.24, 2.45) is 0 Å². The van der Waals surface area contributed by atoms with E-state index in [4.69, 9.17) is 5.26 Å². The van der Waals surface area contributed by atoms with E-state index in [9.17, 15) is 0 Å². The predicted molar refractivity (Wildman–Crippen MR) is 55.9 cm³/mol. The van der Waals surface area contributed by atoms with Gasteiger partial charge in [0.25, 0.3) is 0 Å². The molecule has 0 radical (unpaired) electrons. The first-order valence-corrected chi connectivity index (χ1v) is 5.69. The molecule has 2 rings (SSSR count). The van der Waals surface area contributed by atoms with Crippen LogP contribution in [0.15, 0.2) is 0 Å². The van der Waals surface area contributed by atoms with Gasteiger partial charge >= 0.3 is 0 Å². The summed E-state index contributed by atoms with van der Waals surface area (Å²) < 4.78 is 0. The fraction of sp³-hybridized carbons (Fsp3) is 0.909. The van der Waals surface area contributed by atoms with Crippen LogP contribution in [0.1, 0.15) is 26.2 Å². The van der Waals surface area contributed by atoms with Gasteiger partial charge in [-0.25, -0.2) is 0 Å². The van der Waals surface area contributed by atoms with Gasteiger partial charge in [0, 0.05) is 25.7 Å². The van der Waals surface area contributed by atoms with Gasteiger partial charge in [0.15, 0.2) is 0 Å². The van der Waals surface area contributed by atoms with Crippen molar-refractivity contribution in [2.45, 2.75) is 38.3 Å². The number of hydrogen-bond donors (Lipinski definition) is 0. The first kappa shape index (κ1) is 9.95. The molecule has 2 fully saturated rings. The van der Waals surface area contributed by atoms with Crippen LogP contribution in [-0.2, 0) is 0 Å². The maximum atomic E-state index is 8.88. The lowest BCUT2D eigenvalue weighted by Crippen LogP contribution is -2.56. The Hall–Kier alpha value is -0.590. The molecule has 14 heavy (non-hydrogen) atoms. The van der Waals surface area contributed by atoms with Crippen molar-refractivity contribution in [2.75, 3.05) is 26.2 Å². The van der Waals surface area contributed by atoms with E-state index in [1.165, 1.54) is 25.8 Å². The van der Waals surface area contributed by atoms with Crippen molar-refractivity contribution in [3.63, 3.8) is 0 Å². The lowest BCUT2D eigenvalue weighted by atomic mass is 9.99. The van der Waals surface area contributed by atoms with Crippen LogP contribution in [0.5, 0.6) is 0 Å². The van der Waals surface area contributed by atoms with E-state index in [0.717, 1.165) is 25.7 Å². The summed E-state index contributed by atoms with van der Waals surface area (Å²) in [6.45, 7) is 6.63. The van der Waals surface area contributed by atoms with Crippen LogP contribution in [0, 0.1) is 11.3 Å². The third kappa shape index (κ3) is 1.92. The summed E-state index contributed by atoms with van der Waals surface area (Å²) in [6, 6.07) is 3.16. The summed E-state index contributed by atoms with van der Waals surface area (Å²) in [4.78, 5) is 4.93. The van der Waals surface area contributed by atoms with Crippen molar-refractivity contribution in [3.8, 4) is 6.07 Å². The lowest BCUT2D eigenvalue weighted by Gasteiger charge is -2.44. The third-order valence-corrected chi connectivity index (χ3v) is 3.60. The van der Waals surface area contributed by atoms with E-state index >= 15 is 0 Å². The van der Waals surface area contributed by atoms with E-state index in [1.54, 1.807) is 0 Å². The Morgan fingerprint density at radius 3 is 2.93 bits per heavy atom. The Morgan fingerprint density at radius 2 is 2.14 bits per heavy atom. The maximum Gasteiger partial charge on any atom is 0.0950 e. The molecule has 3 heteroatoms. The highest BCUT2D eigenvalue weighted by Gasteiger charge is 2.30. The normalized spacial score (nSPS) is 31.9. The number of nitrogens with zero attached hydrogens (tertiary/aromatic N) is 3. The van der Waals surface area contributed by atoms with Crippen LogP contribution >= 0.6 is 0 Å². The van der Waals surface area contributed by atoms with E-state index in [2.05, 4.69) is 15.9 Å². The van der Waals surface area contributed by atoms with Crippen LogP contribution in [0.3, 0.4) is 0 Å². The minimum absolute atomic E-state index is 0.0964. The Morgan fingerprint density at radius 1 is 1.29 bits per heavy atom. The monoisotopic (exact) mass is 193 g/mol. The van der Waals surface area contributed by atoms with Crippen LogP contribution in [0.25, 0.3) is 0 Å². The highest BCUT2D eigenvalue weighted by Crippen LogP contribution is 2.21. The van der Waals surface area contributed by atoms with Gasteiger partial charge in [-0.3, -0.25) is 9.80 Å². The van der Waals surface area contributed by atoms with Gasteiger partial charge in [-0.1, -0.05) is 6.42 Å². The predicted octanol–water partition coefficient (Wildman–Crippen LogP) is 1.07. The largest absolute Gasteiger partial charge is 0.298 e. The summed E-state index contributed by atoms with van der Waals surface area (Å²) in [6.07, 6.45) is 4.06. The molecule has 0 saturated carbocycles. The molecular weight excluding hydrogens is 174 g/mol. The molecule has 2 aliphatic rings. The van der Waals surface area contributed by atoms with Crippen molar-refractivity contribution < 1.29 is 0 Å². The second-order valence-corrected chi connectivity index (χ2v) is 4.49. The fourth-order valence-electron chi connectivity index (χ4n) is 2.61. The second kappa shape index (κ2) is 4.29. The van der Waals surface area contributed by atoms with E-state index in [1.807, 2.05) is 6.92 Å². The zero-order chi connectivity index (χ0) is 9.97. The molecule has 2 atom stereocenters. The fourth-order valence-corrected chi connectivity index (χ4v) is 2.61. The molecule has 78 valence electrons. The van der Waals surface area contributed by atoms with Crippen LogP contribution < -0.4 is 0 Å². The van der Waals surface area contributed by atoms with Crippen molar-refractivity contribution in [1.29, 1.82) is 5.26 Å². The van der Waals surface area contributed by atoms with Gasteiger partial charge in [-0.05, 0) is 26.3 Å². The molecule has 2 heterocycles. The molecule has 3 nitrogen and oxygen atoms in total. The molecule has 2 unspecified atom stereocenters. The first-order chi connectivity index (χ1) is 6.81. The number of nitriles is 1. The second-order valence-electron chi connectivity index (χ2n) is 4.49. The molecule has 0 bridgehead atoms. The average Bonchev–Trinajstić information content (AvgIpc) is 2.27. The molecule has 0 amide bonds. The lowest BCUT2D eigenvalue weighted by molar-refractivity contribution is 0.0412. The van der Waals surface area contributed by atoms with Gasteiger partial charge < -0.3 is 0 Å². The van der Waals surface area contributed by atoms with Gasteiger partial charge in [0.1, 0.15) is 0 Å². The Kier molecular flexibility index (Phi) is 3.05. The summed E-state index contributed by atoms with van der Waals surface area (Å²) in [7, 11) is 0. The van der Waals surface area contributed by atoms with Gasteiger partial charge in [0.05, 0.1) is 12.1 Å². The van der Waals surface area contributed by atoms with Gasteiger partial charge in [-0.15, -0.1) is 0 Å². The minimum atomic E-state index is 0.0964. The number of fused-ring (bicyclic) bond motifs is 1.